The van der Waals surface area contributed by atoms with Gasteiger partial charge >= 0.3 is 0 Å². The second-order valence-electron chi connectivity index (χ2n) is 8.14. The van der Waals surface area contributed by atoms with E-state index >= 15 is 0 Å². The van der Waals surface area contributed by atoms with Crippen LogP contribution >= 0.6 is 35.6 Å². The van der Waals surface area contributed by atoms with Crippen molar-refractivity contribution in [1.29, 1.82) is 0 Å². The summed E-state index contributed by atoms with van der Waals surface area (Å²) >= 11 is 12.7. The van der Waals surface area contributed by atoms with Gasteiger partial charge in [-0.1, -0.05) is 85.8 Å². The van der Waals surface area contributed by atoms with E-state index in [1.807, 2.05) is 36.4 Å². The van der Waals surface area contributed by atoms with E-state index in [1.54, 1.807) is 42.5 Å². The molecule has 35 heavy (non-hydrogen) atoms. The number of rotatable bonds is 7. The molecule has 1 aliphatic heterocycles. The quantitative estimate of drug-likeness (QED) is 0.270. The summed E-state index contributed by atoms with van der Waals surface area (Å²) in [6.45, 7) is 4.06. The molecule has 0 aliphatic carbocycles. The molecular formula is C27H23ClN2O3S2. The molecule has 1 saturated heterocycles. The number of amides is 2. The van der Waals surface area contributed by atoms with Gasteiger partial charge in [-0.2, -0.15) is 0 Å². The monoisotopic (exact) mass is 522 g/mol. The number of para-hydroxylation sites is 1. The first kappa shape index (κ1) is 25.0. The second kappa shape index (κ2) is 11.1. The van der Waals surface area contributed by atoms with Gasteiger partial charge in [-0.05, 0) is 59.5 Å². The van der Waals surface area contributed by atoms with Crippen molar-refractivity contribution in [3.63, 3.8) is 0 Å². The topological polar surface area (TPSA) is 58.6 Å². The standard InChI is InChI=1S/C27H23ClN2O3S2/c1-17(2)22-8-3-4-9-23(22)29-25(31)16-33-21-12-10-18(11-13-21)14-24-26(32)30(27(34)35-24)20-7-5-6-19(28)15-20/h3-15,17H,16H2,1-2H3,(H,29,31)/b24-14-. The Morgan fingerprint density at radius 3 is 2.57 bits per heavy atom. The van der Waals surface area contributed by atoms with Crippen LogP contribution in [0.4, 0.5) is 11.4 Å². The number of halogens is 1. The minimum atomic E-state index is -0.230. The summed E-state index contributed by atoms with van der Waals surface area (Å²) in [5, 5.41) is 3.45. The molecule has 0 aromatic heterocycles. The molecule has 0 spiro atoms. The van der Waals surface area contributed by atoms with Gasteiger partial charge in [-0.15, -0.1) is 0 Å². The van der Waals surface area contributed by atoms with E-state index in [1.165, 1.54) is 16.7 Å². The number of anilines is 2. The van der Waals surface area contributed by atoms with Crippen molar-refractivity contribution in [1.82, 2.24) is 0 Å². The highest BCUT2D eigenvalue weighted by atomic mass is 35.5. The highest BCUT2D eigenvalue weighted by Gasteiger charge is 2.33. The first-order valence-electron chi connectivity index (χ1n) is 11.0. The minimum absolute atomic E-state index is 0.107. The third-order valence-corrected chi connectivity index (χ3v) is 6.80. The van der Waals surface area contributed by atoms with Gasteiger partial charge in [-0.3, -0.25) is 14.5 Å². The number of hydrogen-bond acceptors (Lipinski definition) is 5. The fraction of sp³-hybridized carbons (Fsp3) is 0.148. The number of benzene rings is 3. The lowest BCUT2D eigenvalue weighted by molar-refractivity contribution is -0.118. The number of thiocarbonyl (C=S) groups is 1. The summed E-state index contributed by atoms with van der Waals surface area (Å²) in [5.74, 6) is 0.430. The van der Waals surface area contributed by atoms with Gasteiger partial charge in [0.2, 0.25) is 0 Å². The molecule has 1 N–H and O–H groups in total. The van der Waals surface area contributed by atoms with E-state index in [2.05, 4.69) is 19.2 Å². The summed E-state index contributed by atoms with van der Waals surface area (Å²) in [5.41, 5.74) is 3.33. The highest BCUT2D eigenvalue weighted by molar-refractivity contribution is 8.27. The Morgan fingerprint density at radius 2 is 1.86 bits per heavy atom. The third-order valence-electron chi connectivity index (χ3n) is 5.26. The van der Waals surface area contributed by atoms with Crippen LogP contribution in [0, 0.1) is 0 Å². The number of nitrogens with zero attached hydrogens (tertiary/aromatic N) is 1. The number of ether oxygens (including phenoxy) is 1. The second-order valence-corrected chi connectivity index (χ2v) is 10.3. The Labute approximate surface area is 219 Å². The van der Waals surface area contributed by atoms with E-state index in [9.17, 15) is 9.59 Å². The summed E-state index contributed by atoms with van der Waals surface area (Å²) in [4.78, 5) is 27.3. The molecule has 0 saturated carbocycles. The first-order chi connectivity index (χ1) is 16.8. The molecule has 4 rings (SSSR count). The third kappa shape index (κ3) is 6.11. The van der Waals surface area contributed by atoms with Crippen LogP contribution in [0.3, 0.4) is 0 Å². The van der Waals surface area contributed by atoms with Crippen LogP contribution in [0.5, 0.6) is 5.75 Å². The normalized spacial score (nSPS) is 14.6. The molecule has 178 valence electrons. The van der Waals surface area contributed by atoms with E-state index in [0.29, 0.717) is 31.6 Å². The zero-order chi connectivity index (χ0) is 24.9. The van der Waals surface area contributed by atoms with Gasteiger partial charge in [-0.25, -0.2) is 0 Å². The van der Waals surface area contributed by atoms with Crippen molar-refractivity contribution < 1.29 is 14.3 Å². The lowest BCUT2D eigenvalue weighted by Gasteiger charge is -2.14. The average Bonchev–Trinajstić information content (AvgIpc) is 3.11. The molecule has 0 radical (unpaired) electrons. The predicted molar refractivity (Wildman–Crippen MR) is 148 cm³/mol. The van der Waals surface area contributed by atoms with Gasteiger partial charge in [0, 0.05) is 10.7 Å². The number of hydrogen-bond donors (Lipinski definition) is 1. The van der Waals surface area contributed by atoms with Gasteiger partial charge in [0.25, 0.3) is 11.8 Å². The smallest absolute Gasteiger partial charge is 0.270 e. The van der Waals surface area contributed by atoms with Gasteiger partial charge < -0.3 is 10.1 Å². The van der Waals surface area contributed by atoms with Crippen molar-refractivity contribution in [2.24, 2.45) is 0 Å². The van der Waals surface area contributed by atoms with Crippen LogP contribution in [0.1, 0.15) is 30.9 Å². The van der Waals surface area contributed by atoms with Crippen LogP contribution in [0.25, 0.3) is 6.08 Å². The molecule has 3 aromatic rings. The number of thioether (sulfide) groups is 1. The summed E-state index contributed by atoms with van der Waals surface area (Å²) < 4.78 is 6.10. The molecule has 1 fully saturated rings. The van der Waals surface area contributed by atoms with Crippen LogP contribution in [-0.2, 0) is 9.59 Å². The van der Waals surface area contributed by atoms with Crippen LogP contribution in [0.2, 0.25) is 5.02 Å². The van der Waals surface area contributed by atoms with E-state index < -0.39 is 0 Å². The maximum Gasteiger partial charge on any atom is 0.270 e. The molecule has 1 heterocycles. The van der Waals surface area contributed by atoms with Crippen molar-refractivity contribution >= 4 is 69.2 Å². The lowest BCUT2D eigenvalue weighted by atomic mass is 10.0. The molecule has 0 unspecified atom stereocenters. The number of nitrogens with one attached hydrogen (secondary N) is 1. The SMILES string of the molecule is CC(C)c1ccccc1NC(=O)COc1ccc(/C=C2\SC(=S)N(c3cccc(Cl)c3)C2=O)cc1. The summed E-state index contributed by atoms with van der Waals surface area (Å²) in [6, 6.07) is 21.9. The Morgan fingerprint density at radius 1 is 1.11 bits per heavy atom. The Bertz CT molecular complexity index is 1310. The zero-order valence-electron chi connectivity index (χ0n) is 19.2. The highest BCUT2D eigenvalue weighted by Crippen LogP contribution is 2.36. The summed E-state index contributed by atoms with van der Waals surface area (Å²) in [6.07, 6.45) is 1.78. The van der Waals surface area contributed by atoms with E-state index in [-0.39, 0.29) is 18.4 Å². The molecule has 0 bridgehead atoms. The molecule has 0 atom stereocenters. The molecule has 3 aromatic carbocycles. The van der Waals surface area contributed by atoms with E-state index in [4.69, 9.17) is 28.6 Å². The Balaban J connectivity index is 1.37. The molecular weight excluding hydrogens is 500 g/mol. The lowest BCUT2D eigenvalue weighted by Crippen LogP contribution is -2.27. The van der Waals surface area contributed by atoms with Crippen LogP contribution in [0.15, 0.2) is 77.7 Å². The molecule has 2 amide bonds. The van der Waals surface area contributed by atoms with Gasteiger partial charge in [0.05, 0.1) is 10.6 Å². The van der Waals surface area contributed by atoms with E-state index in [0.717, 1.165) is 16.8 Å². The van der Waals surface area contributed by atoms with Crippen molar-refractivity contribution in [3.8, 4) is 5.75 Å². The Hall–Kier alpha value is -3.13. The van der Waals surface area contributed by atoms with Crippen LogP contribution in [-0.4, -0.2) is 22.7 Å². The largest absolute Gasteiger partial charge is 0.484 e. The fourth-order valence-electron chi connectivity index (χ4n) is 3.57. The Kier molecular flexibility index (Phi) is 7.90. The van der Waals surface area contributed by atoms with Crippen molar-refractivity contribution in [3.05, 3.63) is 93.9 Å². The minimum Gasteiger partial charge on any atom is -0.484 e. The predicted octanol–water partition coefficient (Wildman–Crippen LogP) is 6.89. The maximum atomic E-state index is 12.9. The average molecular weight is 523 g/mol. The fourth-order valence-corrected chi connectivity index (χ4v) is 5.05. The molecule has 5 nitrogen and oxygen atoms in total. The van der Waals surface area contributed by atoms with Gasteiger partial charge in [0.15, 0.2) is 10.9 Å². The van der Waals surface area contributed by atoms with Crippen molar-refractivity contribution in [2.75, 3.05) is 16.8 Å². The first-order valence-corrected chi connectivity index (χ1v) is 12.6. The van der Waals surface area contributed by atoms with Crippen LogP contribution < -0.4 is 15.0 Å². The maximum absolute atomic E-state index is 12.9. The number of carbonyl (C=O) groups is 2. The molecule has 8 heteroatoms. The van der Waals surface area contributed by atoms with Gasteiger partial charge in [0.1, 0.15) is 5.75 Å². The number of carbonyl (C=O) groups excluding carboxylic acids is 2. The summed E-state index contributed by atoms with van der Waals surface area (Å²) in [7, 11) is 0. The zero-order valence-corrected chi connectivity index (χ0v) is 21.5. The van der Waals surface area contributed by atoms with Crippen molar-refractivity contribution in [2.45, 2.75) is 19.8 Å². The molecule has 1 aliphatic rings.